The van der Waals surface area contributed by atoms with E-state index in [1.807, 2.05) is 12.1 Å². The van der Waals surface area contributed by atoms with E-state index >= 15 is 0 Å². The van der Waals surface area contributed by atoms with Crippen LogP contribution in [-0.2, 0) is 19.1 Å². The average Bonchev–Trinajstić information content (AvgIpc) is 2.92. The van der Waals surface area contributed by atoms with Crippen LogP contribution in [0.4, 0.5) is 29.0 Å². The number of piperazine rings is 1. The number of anilines is 5. The fraction of sp³-hybridized carbons (Fsp3) is 0.500. The van der Waals surface area contributed by atoms with Gasteiger partial charge in [-0.3, -0.25) is 9.59 Å². The Morgan fingerprint density at radius 1 is 0.974 bits per heavy atom. The molecule has 0 bridgehead atoms. The summed E-state index contributed by atoms with van der Waals surface area (Å²) >= 11 is 0. The minimum absolute atomic E-state index is 0.119. The Balaban J connectivity index is 1.59. The SMILES string of the molecule is CCOC(=O)CCC[C@H](NC(=O)c1ccc(N2CCN(c3c(N)nc(N)nc3NC)CC2)cc1)C(=O)OCC. The maximum absolute atomic E-state index is 12.9. The number of nitrogens with one attached hydrogen (secondary N) is 2. The number of carbonyl (C=O) groups excluding carboxylic acids is 3. The molecule has 13 nitrogen and oxygen atoms in total. The molecule has 1 aromatic heterocycles. The van der Waals surface area contributed by atoms with E-state index in [2.05, 4.69) is 30.4 Å². The molecule has 1 saturated heterocycles. The van der Waals surface area contributed by atoms with E-state index in [1.165, 1.54) is 0 Å². The van der Waals surface area contributed by atoms with E-state index in [0.717, 1.165) is 24.5 Å². The average molecular weight is 543 g/mol. The first kappa shape index (κ1) is 29.3. The van der Waals surface area contributed by atoms with Crippen LogP contribution in [-0.4, -0.2) is 80.3 Å². The number of carbonyl (C=O) groups is 3. The van der Waals surface area contributed by atoms with Crippen molar-refractivity contribution in [2.75, 3.05) is 73.0 Å². The Morgan fingerprint density at radius 2 is 1.62 bits per heavy atom. The highest BCUT2D eigenvalue weighted by atomic mass is 16.5. The van der Waals surface area contributed by atoms with Gasteiger partial charge in [0, 0.05) is 50.9 Å². The molecule has 1 fully saturated rings. The fourth-order valence-corrected chi connectivity index (χ4v) is 4.41. The zero-order valence-electron chi connectivity index (χ0n) is 22.7. The van der Waals surface area contributed by atoms with Crippen molar-refractivity contribution in [3.8, 4) is 0 Å². The second-order valence-electron chi connectivity index (χ2n) is 8.91. The van der Waals surface area contributed by atoms with Gasteiger partial charge < -0.3 is 41.4 Å². The van der Waals surface area contributed by atoms with Crippen molar-refractivity contribution in [1.82, 2.24) is 15.3 Å². The molecule has 2 aromatic rings. The van der Waals surface area contributed by atoms with Gasteiger partial charge in [-0.25, -0.2) is 4.79 Å². The van der Waals surface area contributed by atoms with Gasteiger partial charge in [-0.2, -0.15) is 9.97 Å². The topological polar surface area (TPSA) is 178 Å². The van der Waals surface area contributed by atoms with E-state index in [9.17, 15) is 14.4 Å². The molecule has 1 atom stereocenters. The van der Waals surface area contributed by atoms with Crippen LogP contribution in [0.5, 0.6) is 0 Å². The second kappa shape index (κ2) is 14.0. The summed E-state index contributed by atoms with van der Waals surface area (Å²) < 4.78 is 10.0. The Bertz CT molecular complexity index is 1140. The maximum Gasteiger partial charge on any atom is 0.328 e. The molecule has 0 saturated carbocycles. The van der Waals surface area contributed by atoms with Crippen molar-refractivity contribution in [2.45, 2.75) is 39.2 Å². The van der Waals surface area contributed by atoms with Crippen molar-refractivity contribution in [3.05, 3.63) is 29.8 Å². The van der Waals surface area contributed by atoms with Gasteiger partial charge in [0.25, 0.3) is 5.91 Å². The summed E-state index contributed by atoms with van der Waals surface area (Å²) in [7, 11) is 1.76. The highest BCUT2D eigenvalue weighted by Gasteiger charge is 2.25. The van der Waals surface area contributed by atoms with E-state index in [1.54, 1.807) is 33.0 Å². The van der Waals surface area contributed by atoms with E-state index in [4.69, 9.17) is 20.9 Å². The van der Waals surface area contributed by atoms with Crippen LogP contribution in [0.3, 0.4) is 0 Å². The Labute approximate surface area is 228 Å². The lowest BCUT2D eigenvalue weighted by molar-refractivity contribution is -0.147. The van der Waals surface area contributed by atoms with Gasteiger partial charge in [-0.05, 0) is 51.0 Å². The van der Waals surface area contributed by atoms with Crippen LogP contribution >= 0.6 is 0 Å². The predicted octanol–water partition coefficient (Wildman–Crippen LogP) is 1.40. The molecule has 0 radical (unpaired) electrons. The number of rotatable bonds is 12. The lowest BCUT2D eigenvalue weighted by atomic mass is 10.1. The zero-order chi connectivity index (χ0) is 28.4. The highest BCUT2D eigenvalue weighted by Crippen LogP contribution is 2.31. The Kier molecular flexibility index (Phi) is 10.5. The smallest absolute Gasteiger partial charge is 0.328 e. The molecule has 3 rings (SSSR count). The molecular weight excluding hydrogens is 504 g/mol. The van der Waals surface area contributed by atoms with Crippen molar-refractivity contribution < 1.29 is 23.9 Å². The molecule has 2 heterocycles. The van der Waals surface area contributed by atoms with Crippen molar-refractivity contribution >= 4 is 46.8 Å². The monoisotopic (exact) mass is 542 g/mol. The fourth-order valence-electron chi connectivity index (χ4n) is 4.41. The molecule has 0 unspecified atom stereocenters. The Morgan fingerprint density at radius 3 is 2.23 bits per heavy atom. The van der Waals surface area contributed by atoms with Crippen LogP contribution in [0.15, 0.2) is 24.3 Å². The number of nitrogens with zero attached hydrogens (tertiary/aromatic N) is 4. The number of nitrogen functional groups attached to an aromatic ring is 2. The van der Waals surface area contributed by atoms with Crippen molar-refractivity contribution in [2.24, 2.45) is 0 Å². The van der Waals surface area contributed by atoms with Crippen molar-refractivity contribution in [3.63, 3.8) is 0 Å². The number of amides is 1. The summed E-state index contributed by atoms with van der Waals surface area (Å²) in [6.07, 6.45) is 0.817. The first-order valence-corrected chi connectivity index (χ1v) is 13.1. The summed E-state index contributed by atoms with van der Waals surface area (Å²) in [5, 5.41) is 5.77. The van der Waals surface area contributed by atoms with Crippen LogP contribution in [0, 0.1) is 0 Å². The Hall–Kier alpha value is -4.29. The maximum atomic E-state index is 12.9. The lowest BCUT2D eigenvalue weighted by Crippen LogP contribution is -2.47. The van der Waals surface area contributed by atoms with Gasteiger partial charge in [0.05, 0.1) is 13.2 Å². The summed E-state index contributed by atoms with van der Waals surface area (Å²) in [6, 6.07) is 6.35. The first-order chi connectivity index (χ1) is 18.8. The van der Waals surface area contributed by atoms with Crippen LogP contribution in [0.2, 0.25) is 0 Å². The second-order valence-corrected chi connectivity index (χ2v) is 8.91. The van der Waals surface area contributed by atoms with Crippen LogP contribution in [0.1, 0.15) is 43.5 Å². The van der Waals surface area contributed by atoms with Crippen LogP contribution in [0.25, 0.3) is 0 Å². The van der Waals surface area contributed by atoms with Gasteiger partial charge >= 0.3 is 11.9 Å². The molecule has 212 valence electrons. The molecule has 1 aliphatic rings. The molecule has 1 aromatic carbocycles. The van der Waals surface area contributed by atoms with Gasteiger partial charge in [-0.15, -0.1) is 0 Å². The summed E-state index contributed by atoms with van der Waals surface area (Å²) in [5.74, 6) is -0.218. The minimum Gasteiger partial charge on any atom is -0.466 e. The third-order valence-electron chi connectivity index (χ3n) is 6.31. The molecule has 13 heteroatoms. The zero-order valence-corrected chi connectivity index (χ0v) is 22.7. The standard InChI is InChI=1S/C26H38N8O5/c1-4-38-20(35)8-6-7-19(25(37)39-5-2)30-24(36)17-9-11-18(12-10-17)33-13-15-34(16-14-33)21-22(27)31-26(28)32-23(21)29-3/h9-12,19H,4-8,13-16H2,1-3H3,(H,30,36)(H5,27,28,29,31,32)/t19-/m0/s1. The van der Waals surface area contributed by atoms with Gasteiger partial charge in [0.2, 0.25) is 5.95 Å². The molecular formula is C26H38N8O5. The number of aromatic nitrogens is 2. The number of ether oxygens (including phenoxy) is 2. The first-order valence-electron chi connectivity index (χ1n) is 13.1. The summed E-state index contributed by atoms with van der Waals surface area (Å²) in [6.45, 7) is 6.77. The lowest BCUT2D eigenvalue weighted by Gasteiger charge is -2.38. The normalized spacial score (nSPS) is 13.9. The largest absolute Gasteiger partial charge is 0.466 e. The molecule has 1 amide bonds. The number of esters is 2. The van der Waals surface area contributed by atoms with Gasteiger partial charge in [-0.1, -0.05) is 0 Å². The summed E-state index contributed by atoms with van der Waals surface area (Å²) in [4.78, 5) is 49.6. The third kappa shape index (κ3) is 7.85. The third-order valence-corrected chi connectivity index (χ3v) is 6.31. The van der Waals surface area contributed by atoms with Crippen LogP contribution < -0.4 is 31.9 Å². The molecule has 0 spiro atoms. The number of hydrogen-bond acceptors (Lipinski definition) is 12. The van der Waals surface area contributed by atoms with E-state index < -0.39 is 12.0 Å². The molecule has 0 aliphatic carbocycles. The predicted molar refractivity (Wildman–Crippen MR) is 150 cm³/mol. The van der Waals surface area contributed by atoms with E-state index in [0.29, 0.717) is 43.3 Å². The molecule has 39 heavy (non-hydrogen) atoms. The van der Waals surface area contributed by atoms with Crippen molar-refractivity contribution in [1.29, 1.82) is 0 Å². The molecule has 6 N–H and O–H groups in total. The number of nitrogens with two attached hydrogens (primary N) is 2. The van der Waals surface area contributed by atoms with E-state index in [-0.39, 0.29) is 37.3 Å². The highest BCUT2D eigenvalue weighted by molar-refractivity contribution is 5.97. The quantitative estimate of drug-likeness (QED) is 0.284. The minimum atomic E-state index is -0.855. The van der Waals surface area contributed by atoms with Gasteiger partial charge in [0.15, 0.2) is 11.6 Å². The summed E-state index contributed by atoms with van der Waals surface area (Å²) in [5.41, 5.74) is 14.0. The number of benzene rings is 1. The molecule has 1 aliphatic heterocycles. The number of hydrogen-bond donors (Lipinski definition) is 4. The van der Waals surface area contributed by atoms with Gasteiger partial charge in [0.1, 0.15) is 11.7 Å².